The predicted octanol–water partition coefficient (Wildman–Crippen LogP) is 3.63. The lowest BCUT2D eigenvalue weighted by molar-refractivity contribution is -0.117. The van der Waals surface area contributed by atoms with Crippen LogP contribution in [0.5, 0.6) is 0 Å². The van der Waals surface area contributed by atoms with Crippen molar-refractivity contribution in [2.45, 2.75) is 11.4 Å². The normalized spacial score (nSPS) is 10.1. The highest BCUT2D eigenvalue weighted by atomic mass is 79.9. The van der Waals surface area contributed by atoms with Gasteiger partial charge in [0.2, 0.25) is 5.91 Å². The van der Waals surface area contributed by atoms with Crippen LogP contribution in [0.1, 0.15) is 4.88 Å². The monoisotopic (exact) mass is 384 g/mol. The molecule has 2 rings (SSSR count). The highest BCUT2D eigenvalue weighted by Gasteiger charge is 2.08. The van der Waals surface area contributed by atoms with Crippen LogP contribution in [0, 0.1) is 0 Å². The molecule has 2 N–H and O–H groups in total. The van der Waals surface area contributed by atoms with E-state index in [9.17, 15) is 9.59 Å². The lowest BCUT2D eigenvalue weighted by Crippen LogP contribution is -2.39. The number of nitrogens with one attached hydrogen (secondary N) is 2. The number of benzene rings is 1. The summed E-state index contributed by atoms with van der Waals surface area (Å²) in [6.07, 6.45) is 0. The maximum Gasteiger partial charge on any atom is 0.321 e. The molecule has 1 heterocycles. The molecule has 7 heteroatoms. The van der Waals surface area contributed by atoms with Gasteiger partial charge in [0.05, 0.1) is 12.3 Å². The van der Waals surface area contributed by atoms with Gasteiger partial charge in [0.25, 0.3) is 0 Å². The van der Waals surface area contributed by atoms with E-state index in [1.807, 2.05) is 41.8 Å². The van der Waals surface area contributed by atoms with Crippen LogP contribution in [0.4, 0.5) is 4.79 Å². The molecule has 21 heavy (non-hydrogen) atoms. The van der Waals surface area contributed by atoms with E-state index in [0.717, 1.165) is 14.2 Å². The van der Waals surface area contributed by atoms with Crippen molar-refractivity contribution < 1.29 is 9.59 Å². The highest BCUT2D eigenvalue weighted by molar-refractivity contribution is 9.10. The summed E-state index contributed by atoms with van der Waals surface area (Å²) in [5, 5.41) is 6.90. The number of hydrogen-bond acceptors (Lipinski definition) is 4. The van der Waals surface area contributed by atoms with Crippen molar-refractivity contribution in [1.29, 1.82) is 0 Å². The Labute approximate surface area is 139 Å². The third-order valence-electron chi connectivity index (χ3n) is 2.42. The van der Waals surface area contributed by atoms with E-state index >= 15 is 0 Å². The van der Waals surface area contributed by atoms with Gasteiger partial charge >= 0.3 is 6.03 Å². The predicted molar refractivity (Wildman–Crippen MR) is 89.6 cm³/mol. The van der Waals surface area contributed by atoms with E-state index in [1.54, 1.807) is 11.3 Å². The second-order valence-corrected chi connectivity index (χ2v) is 7.05. The summed E-state index contributed by atoms with van der Waals surface area (Å²) in [5.74, 6) is -0.119. The molecule has 0 bridgehead atoms. The Morgan fingerprint density at radius 3 is 2.81 bits per heavy atom. The molecule has 0 spiro atoms. The molecule has 0 fully saturated rings. The van der Waals surface area contributed by atoms with E-state index in [2.05, 4.69) is 26.6 Å². The molecule has 0 aliphatic carbocycles. The van der Waals surface area contributed by atoms with Crippen LogP contribution >= 0.6 is 39.0 Å². The second-order valence-electron chi connectivity index (χ2n) is 4.06. The van der Waals surface area contributed by atoms with Crippen LogP contribution in [-0.2, 0) is 11.3 Å². The molecule has 4 nitrogen and oxygen atoms in total. The van der Waals surface area contributed by atoms with Gasteiger partial charge in [-0.3, -0.25) is 10.1 Å². The van der Waals surface area contributed by atoms with Crippen molar-refractivity contribution in [2.24, 2.45) is 0 Å². The molecule has 0 atom stereocenters. The molecule has 0 aliphatic heterocycles. The van der Waals surface area contributed by atoms with Gasteiger partial charge in [0, 0.05) is 14.2 Å². The van der Waals surface area contributed by atoms with Crippen molar-refractivity contribution in [3.63, 3.8) is 0 Å². The fourth-order valence-electron chi connectivity index (χ4n) is 1.49. The first-order valence-electron chi connectivity index (χ1n) is 6.12. The van der Waals surface area contributed by atoms with E-state index < -0.39 is 6.03 Å². The molecule has 0 unspecified atom stereocenters. The molecule has 2 aromatic rings. The summed E-state index contributed by atoms with van der Waals surface area (Å²) >= 11 is 6.31. The van der Waals surface area contributed by atoms with Crippen molar-refractivity contribution in [2.75, 3.05) is 5.75 Å². The third-order valence-corrected chi connectivity index (χ3v) is 4.79. The topological polar surface area (TPSA) is 58.2 Å². The quantitative estimate of drug-likeness (QED) is 0.773. The Hall–Kier alpha value is -1.31. The van der Waals surface area contributed by atoms with E-state index in [-0.39, 0.29) is 11.7 Å². The van der Waals surface area contributed by atoms with Gasteiger partial charge in [-0.1, -0.05) is 28.1 Å². The standard InChI is InChI=1S/C14H13BrN2O2S2/c15-10-3-1-4-11(7-10)21-9-13(18)17-14(19)16-8-12-5-2-6-20-12/h1-7H,8-9H2,(H2,16,17,18,19). The fourth-order valence-corrected chi connectivity index (χ4v) is 3.44. The first-order chi connectivity index (χ1) is 10.1. The van der Waals surface area contributed by atoms with Crippen LogP contribution in [-0.4, -0.2) is 17.7 Å². The van der Waals surface area contributed by atoms with Gasteiger partial charge in [-0.25, -0.2) is 4.79 Å². The first-order valence-corrected chi connectivity index (χ1v) is 8.78. The molecular formula is C14H13BrN2O2S2. The Kier molecular flexibility index (Phi) is 6.28. The highest BCUT2D eigenvalue weighted by Crippen LogP contribution is 2.21. The van der Waals surface area contributed by atoms with Crippen LogP contribution in [0.25, 0.3) is 0 Å². The molecule has 0 saturated carbocycles. The first kappa shape index (κ1) is 16.1. The van der Waals surface area contributed by atoms with Crippen LogP contribution in [0.3, 0.4) is 0 Å². The van der Waals surface area contributed by atoms with E-state index in [4.69, 9.17) is 0 Å². The molecular weight excluding hydrogens is 372 g/mol. The molecule has 110 valence electrons. The third kappa shape index (κ3) is 5.91. The minimum absolute atomic E-state index is 0.197. The fraction of sp³-hybridized carbons (Fsp3) is 0.143. The minimum Gasteiger partial charge on any atom is -0.333 e. The number of urea groups is 1. The number of rotatable bonds is 5. The van der Waals surface area contributed by atoms with Gasteiger partial charge in [0.15, 0.2) is 0 Å². The van der Waals surface area contributed by atoms with Gasteiger partial charge < -0.3 is 5.32 Å². The molecule has 1 aromatic heterocycles. The summed E-state index contributed by atoms with van der Waals surface area (Å²) in [6.45, 7) is 0.426. The van der Waals surface area contributed by atoms with Crippen molar-refractivity contribution >= 4 is 51.0 Å². The number of thioether (sulfide) groups is 1. The Bertz CT molecular complexity index is 617. The maximum absolute atomic E-state index is 11.7. The van der Waals surface area contributed by atoms with E-state index in [0.29, 0.717) is 6.54 Å². The summed E-state index contributed by atoms with van der Waals surface area (Å²) in [7, 11) is 0. The lowest BCUT2D eigenvalue weighted by Gasteiger charge is -2.06. The molecule has 0 radical (unpaired) electrons. The smallest absolute Gasteiger partial charge is 0.321 e. The maximum atomic E-state index is 11.7. The Balaban J connectivity index is 1.70. The van der Waals surface area contributed by atoms with Crippen LogP contribution < -0.4 is 10.6 Å². The summed E-state index contributed by atoms with van der Waals surface area (Å²) in [5.41, 5.74) is 0. The molecule has 3 amide bonds. The Morgan fingerprint density at radius 1 is 1.24 bits per heavy atom. The van der Waals surface area contributed by atoms with Crippen molar-refractivity contribution in [3.8, 4) is 0 Å². The zero-order valence-corrected chi connectivity index (χ0v) is 14.2. The molecule has 0 saturated heterocycles. The average molecular weight is 385 g/mol. The molecule has 1 aromatic carbocycles. The zero-order valence-electron chi connectivity index (χ0n) is 11.0. The summed E-state index contributed by atoms with van der Waals surface area (Å²) in [4.78, 5) is 25.2. The van der Waals surface area contributed by atoms with Gasteiger partial charge in [-0.15, -0.1) is 23.1 Å². The van der Waals surface area contributed by atoms with Crippen molar-refractivity contribution in [1.82, 2.24) is 10.6 Å². The number of carbonyl (C=O) groups is 2. The largest absolute Gasteiger partial charge is 0.333 e. The van der Waals surface area contributed by atoms with Crippen LogP contribution in [0.2, 0.25) is 0 Å². The molecule has 0 aliphatic rings. The van der Waals surface area contributed by atoms with Crippen molar-refractivity contribution in [3.05, 3.63) is 51.1 Å². The number of hydrogen-bond donors (Lipinski definition) is 2. The number of imide groups is 1. The zero-order chi connectivity index (χ0) is 15.1. The summed E-state index contributed by atoms with van der Waals surface area (Å²) < 4.78 is 0.960. The van der Waals surface area contributed by atoms with Gasteiger partial charge in [-0.05, 0) is 29.6 Å². The number of carbonyl (C=O) groups excluding carboxylic acids is 2. The SMILES string of the molecule is O=C(CSc1cccc(Br)c1)NC(=O)NCc1cccs1. The second kappa shape index (κ2) is 8.21. The number of amides is 3. The van der Waals surface area contributed by atoms with Gasteiger partial charge in [-0.2, -0.15) is 0 Å². The lowest BCUT2D eigenvalue weighted by atomic mass is 10.4. The number of halogens is 1. The average Bonchev–Trinajstić information content (AvgIpc) is 2.96. The number of thiophene rings is 1. The Morgan fingerprint density at radius 2 is 2.10 bits per heavy atom. The van der Waals surface area contributed by atoms with Crippen LogP contribution in [0.15, 0.2) is 51.1 Å². The van der Waals surface area contributed by atoms with Gasteiger partial charge in [0.1, 0.15) is 0 Å². The summed E-state index contributed by atoms with van der Waals surface area (Å²) in [6, 6.07) is 11.0. The van der Waals surface area contributed by atoms with E-state index in [1.165, 1.54) is 11.8 Å². The minimum atomic E-state index is -0.469.